The summed E-state index contributed by atoms with van der Waals surface area (Å²) in [6, 6.07) is 3.41. The average Bonchev–Trinajstić information content (AvgIpc) is 2.80. The molecule has 1 aromatic heterocycles. The van der Waals surface area contributed by atoms with Gasteiger partial charge in [0.2, 0.25) is 5.91 Å². The zero-order valence-electron chi connectivity index (χ0n) is 10.7. The van der Waals surface area contributed by atoms with Crippen LogP contribution in [0.5, 0.6) is 0 Å². The molecule has 0 spiro atoms. The van der Waals surface area contributed by atoms with E-state index in [-0.39, 0.29) is 18.4 Å². The molecule has 0 fully saturated rings. The summed E-state index contributed by atoms with van der Waals surface area (Å²) in [5.41, 5.74) is -1.16. The Balaban J connectivity index is 2.47. The second kappa shape index (κ2) is 5.87. The van der Waals surface area contributed by atoms with Crippen LogP contribution in [0.1, 0.15) is 39.4 Å². The summed E-state index contributed by atoms with van der Waals surface area (Å²) < 4.78 is 5.14. The van der Waals surface area contributed by atoms with E-state index in [4.69, 9.17) is 4.42 Å². The van der Waals surface area contributed by atoms with Crippen LogP contribution in [-0.4, -0.2) is 17.6 Å². The molecule has 4 heteroatoms. The van der Waals surface area contributed by atoms with Gasteiger partial charge < -0.3 is 14.8 Å². The van der Waals surface area contributed by atoms with Crippen molar-refractivity contribution in [3.05, 3.63) is 24.2 Å². The first kappa shape index (κ1) is 13.8. The van der Waals surface area contributed by atoms with Crippen LogP contribution in [0.4, 0.5) is 0 Å². The van der Waals surface area contributed by atoms with Crippen LogP contribution >= 0.6 is 0 Å². The minimum Gasteiger partial charge on any atom is -0.466 e. The highest BCUT2D eigenvalue weighted by Crippen LogP contribution is 2.20. The number of hydrogen-bond acceptors (Lipinski definition) is 3. The third kappa shape index (κ3) is 3.89. The van der Waals surface area contributed by atoms with Gasteiger partial charge in [-0.2, -0.15) is 0 Å². The van der Waals surface area contributed by atoms with Crippen molar-refractivity contribution in [2.24, 2.45) is 5.92 Å². The van der Waals surface area contributed by atoms with E-state index < -0.39 is 5.60 Å². The molecule has 0 aromatic carbocycles. The van der Waals surface area contributed by atoms with Crippen molar-refractivity contribution >= 4 is 5.91 Å². The Morgan fingerprint density at radius 3 is 2.88 bits per heavy atom. The van der Waals surface area contributed by atoms with Gasteiger partial charge in [0.15, 0.2) is 0 Å². The van der Waals surface area contributed by atoms with Gasteiger partial charge in [-0.1, -0.05) is 20.3 Å². The lowest BCUT2D eigenvalue weighted by molar-refractivity contribution is -0.126. The SMILES string of the molecule is CCCC(C)C(=O)NCC(C)(O)c1ccco1. The van der Waals surface area contributed by atoms with Gasteiger partial charge in [0.1, 0.15) is 11.4 Å². The van der Waals surface area contributed by atoms with Crippen molar-refractivity contribution < 1.29 is 14.3 Å². The maximum atomic E-state index is 11.7. The topological polar surface area (TPSA) is 62.5 Å². The van der Waals surface area contributed by atoms with Crippen molar-refractivity contribution in [3.63, 3.8) is 0 Å². The van der Waals surface area contributed by atoms with Crippen LogP contribution in [0.3, 0.4) is 0 Å². The molecule has 1 rings (SSSR count). The van der Waals surface area contributed by atoms with Crippen molar-refractivity contribution in [1.82, 2.24) is 5.32 Å². The van der Waals surface area contributed by atoms with Gasteiger partial charge in [0.25, 0.3) is 0 Å². The fraction of sp³-hybridized carbons (Fsp3) is 0.615. The van der Waals surface area contributed by atoms with Gasteiger partial charge in [0.05, 0.1) is 12.8 Å². The first-order valence-electron chi connectivity index (χ1n) is 6.01. The minimum atomic E-state index is -1.16. The summed E-state index contributed by atoms with van der Waals surface area (Å²) in [6.07, 6.45) is 3.34. The molecule has 2 unspecified atom stereocenters. The molecule has 0 saturated heterocycles. The fourth-order valence-electron chi connectivity index (χ4n) is 1.67. The lowest BCUT2D eigenvalue weighted by Gasteiger charge is -2.22. The molecule has 0 aliphatic heterocycles. The molecule has 0 aliphatic rings. The van der Waals surface area contributed by atoms with E-state index in [1.54, 1.807) is 19.1 Å². The summed E-state index contributed by atoms with van der Waals surface area (Å²) >= 11 is 0. The van der Waals surface area contributed by atoms with E-state index in [0.717, 1.165) is 12.8 Å². The van der Waals surface area contributed by atoms with Gasteiger partial charge in [-0.25, -0.2) is 0 Å². The molecule has 2 atom stereocenters. The normalized spacial score (nSPS) is 16.2. The Kier molecular flexibility index (Phi) is 4.75. The molecular weight excluding hydrogens is 218 g/mol. The molecule has 96 valence electrons. The predicted molar refractivity (Wildman–Crippen MR) is 65.4 cm³/mol. The van der Waals surface area contributed by atoms with E-state index in [9.17, 15) is 9.90 Å². The molecule has 2 N–H and O–H groups in total. The Hall–Kier alpha value is -1.29. The quantitative estimate of drug-likeness (QED) is 0.798. The van der Waals surface area contributed by atoms with Crippen LogP contribution in [0, 0.1) is 5.92 Å². The van der Waals surface area contributed by atoms with E-state index in [0.29, 0.717) is 5.76 Å². The highest BCUT2D eigenvalue weighted by molar-refractivity contribution is 5.78. The summed E-state index contributed by atoms with van der Waals surface area (Å²) in [7, 11) is 0. The van der Waals surface area contributed by atoms with Crippen molar-refractivity contribution in [2.75, 3.05) is 6.54 Å². The van der Waals surface area contributed by atoms with Crippen LogP contribution in [0.25, 0.3) is 0 Å². The van der Waals surface area contributed by atoms with Gasteiger partial charge in [0, 0.05) is 5.92 Å². The number of carbonyl (C=O) groups is 1. The lowest BCUT2D eigenvalue weighted by Crippen LogP contribution is -2.40. The lowest BCUT2D eigenvalue weighted by atomic mass is 10.0. The zero-order chi connectivity index (χ0) is 12.9. The number of nitrogens with one attached hydrogen (secondary N) is 1. The van der Waals surface area contributed by atoms with Crippen LogP contribution < -0.4 is 5.32 Å². The highest BCUT2D eigenvalue weighted by Gasteiger charge is 2.27. The Bertz CT molecular complexity index is 344. The van der Waals surface area contributed by atoms with Crippen molar-refractivity contribution in [1.29, 1.82) is 0 Å². The number of aliphatic hydroxyl groups is 1. The molecule has 1 amide bonds. The summed E-state index contributed by atoms with van der Waals surface area (Å²) in [5.74, 6) is 0.409. The maximum Gasteiger partial charge on any atom is 0.222 e. The predicted octanol–water partition coefficient (Wildman–Crippen LogP) is 2.04. The summed E-state index contributed by atoms with van der Waals surface area (Å²) in [6.45, 7) is 5.72. The summed E-state index contributed by atoms with van der Waals surface area (Å²) in [5, 5.41) is 12.9. The second-order valence-electron chi connectivity index (χ2n) is 4.66. The molecule has 17 heavy (non-hydrogen) atoms. The summed E-state index contributed by atoms with van der Waals surface area (Å²) in [4.78, 5) is 11.7. The van der Waals surface area contributed by atoms with E-state index in [1.807, 2.05) is 13.8 Å². The smallest absolute Gasteiger partial charge is 0.222 e. The first-order chi connectivity index (χ1) is 7.97. The fourth-order valence-corrected chi connectivity index (χ4v) is 1.67. The molecule has 0 aliphatic carbocycles. The number of hydrogen-bond donors (Lipinski definition) is 2. The molecule has 4 nitrogen and oxygen atoms in total. The molecule has 0 radical (unpaired) electrons. The van der Waals surface area contributed by atoms with E-state index in [2.05, 4.69) is 5.32 Å². The average molecular weight is 239 g/mol. The van der Waals surface area contributed by atoms with Gasteiger partial charge in [-0.05, 0) is 25.5 Å². The van der Waals surface area contributed by atoms with Crippen molar-refractivity contribution in [3.8, 4) is 0 Å². The third-order valence-electron chi connectivity index (χ3n) is 2.83. The van der Waals surface area contributed by atoms with Gasteiger partial charge in [-0.3, -0.25) is 4.79 Å². The number of amides is 1. The van der Waals surface area contributed by atoms with Crippen LogP contribution in [0.2, 0.25) is 0 Å². The van der Waals surface area contributed by atoms with Crippen molar-refractivity contribution in [2.45, 2.75) is 39.2 Å². The second-order valence-corrected chi connectivity index (χ2v) is 4.66. The molecular formula is C13H21NO3. The third-order valence-corrected chi connectivity index (χ3v) is 2.83. The van der Waals surface area contributed by atoms with Gasteiger partial charge >= 0.3 is 0 Å². The Morgan fingerprint density at radius 1 is 1.65 bits per heavy atom. The molecule has 1 aromatic rings. The largest absolute Gasteiger partial charge is 0.466 e. The Labute approximate surface area is 102 Å². The van der Waals surface area contributed by atoms with Crippen LogP contribution in [0.15, 0.2) is 22.8 Å². The number of carbonyl (C=O) groups excluding carboxylic acids is 1. The first-order valence-corrected chi connectivity index (χ1v) is 6.01. The monoisotopic (exact) mass is 239 g/mol. The molecule has 0 saturated carbocycles. The van der Waals surface area contributed by atoms with E-state index >= 15 is 0 Å². The molecule has 0 bridgehead atoms. The Morgan fingerprint density at radius 2 is 2.35 bits per heavy atom. The maximum absolute atomic E-state index is 11.7. The standard InChI is InChI=1S/C13H21NO3/c1-4-6-10(2)12(15)14-9-13(3,16)11-7-5-8-17-11/h5,7-8,10,16H,4,6,9H2,1-3H3,(H,14,15). The highest BCUT2D eigenvalue weighted by atomic mass is 16.4. The van der Waals surface area contributed by atoms with Crippen LogP contribution in [-0.2, 0) is 10.4 Å². The van der Waals surface area contributed by atoms with Gasteiger partial charge in [-0.15, -0.1) is 0 Å². The number of rotatable bonds is 6. The minimum absolute atomic E-state index is 0.0209. The van der Waals surface area contributed by atoms with E-state index in [1.165, 1.54) is 6.26 Å². The molecule has 1 heterocycles. The zero-order valence-corrected chi connectivity index (χ0v) is 10.7. The number of furan rings is 1.